The molecule has 16 heavy (non-hydrogen) atoms. The SMILES string of the molecule is CC(C)CCC(=O)N1CCCC2CNCC21. The number of nitrogens with zero attached hydrogens (tertiary/aromatic N) is 1. The van der Waals surface area contributed by atoms with Gasteiger partial charge in [0.1, 0.15) is 0 Å². The number of likely N-dealkylation sites (tertiary alicyclic amines) is 1. The Bertz CT molecular complexity index is 252. The molecule has 1 amide bonds. The predicted molar refractivity (Wildman–Crippen MR) is 65.2 cm³/mol. The smallest absolute Gasteiger partial charge is 0.222 e. The van der Waals surface area contributed by atoms with Crippen LogP contribution in [0.25, 0.3) is 0 Å². The minimum Gasteiger partial charge on any atom is -0.338 e. The van der Waals surface area contributed by atoms with E-state index in [-0.39, 0.29) is 0 Å². The zero-order chi connectivity index (χ0) is 11.5. The van der Waals surface area contributed by atoms with E-state index in [1.807, 2.05) is 0 Å². The fourth-order valence-electron chi connectivity index (χ4n) is 2.93. The Morgan fingerprint density at radius 2 is 2.25 bits per heavy atom. The van der Waals surface area contributed by atoms with E-state index in [1.165, 1.54) is 12.8 Å². The summed E-state index contributed by atoms with van der Waals surface area (Å²) in [5.74, 6) is 1.73. The lowest BCUT2D eigenvalue weighted by Gasteiger charge is -2.37. The Labute approximate surface area is 98.6 Å². The molecule has 92 valence electrons. The maximum Gasteiger partial charge on any atom is 0.222 e. The summed E-state index contributed by atoms with van der Waals surface area (Å²) >= 11 is 0. The van der Waals surface area contributed by atoms with Crippen LogP contribution in [0.5, 0.6) is 0 Å². The van der Waals surface area contributed by atoms with Gasteiger partial charge in [-0.25, -0.2) is 0 Å². The van der Waals surface area contributed by atoms with Gasteiger partial charge in [-0.05, 0) is 31.1 Å². The molecule has 3 heteroatoms. The molecule has 2 aliphatic heterocycles. The van der Waals surface area contributed by atoms with Gasteiger partial charge in [0, 0.05) is 32.1 Å². The number of amides is 1. The van der Waals surface area contributed by atoms with Crippen LogP contribution in [0.1, 0.15) is 39.5 Å². The summed E-state index contributed by atoms with van der Waals surface area (Å²) in [7, 11) is 0. The minimum atomic E-state index is 0.382. The molecule has 1 N–H and O–H groups in total. The van der Waals surface area contributed by atoms with E-state index in [2.05, 4.69) is 24.1 Å². The minimum absolute atomic E-state index is 0.382. The van der Waals surface area contributed by atoms with Gasteiger partial charge >= 0.3 is 0 Å². The van der Waals surface area contributed by atoms with Crippen LogP contribution in [0.3, 0.4) is 0 Å². The van der Waals surface area contributed by atoms with Gasteiger partial charge < -0.3 is 10.2 Å². The first-order valence-corrected chi connectivity index (χ1v) is 6.68. The highest BCUT2D eigenvalue weighted by molar-refractivity contribution is 5.76. The van der Waals surface area contributed by atoms with Gasteiger partial charge in [-0.3, -0.25) is 4.79 Å². The maximum absolute atomic E-state index is 12.1. The summed E-state index contributed by atoms with van der Waals surface area (Å²) < 4.78 is 0. The normalized spacial score (nSPS) is 29.6. The zero-order valence-electron chi connectivity index (χ0n) is 10.5. The number of fused-ring (bicyclic) bond motifs is 1. The van der Waals surface area contributed by atoms with Crippen LogP contribution in [0.15, 0.2) is 0 Å². The summed E-state index contributed by atoms with van der Waals surface area (Å²) in [6, 6.07) is 0.494. The number of nitrogens with one attached hydrogen (secondary N) is 1. The molecule has 0 aromatic carbocycles. The third-order valence-electron chi connectivity index (χ3n) is 3.93. The summed E-state index contributed by atoms with van der Waals surface area (Å²) in [4.78, 5) is 14.3. The van der Waals surface area contributed by atoms with Crippen molar-refractivity contribution in [1.82, 2.24) is 10.2 Å². The first-order chi connectivity index (χ1) is 7.68. The van der Waals surface area contributed by atoms with E-state index in [4.69, 9.17) is 0 Å². The van der Waals surface area contributed by atoms with E-state index in [9.17, 15) is 4.79 Å². The van der Waals surface area contributed by atoms with E-state index in [0.29, 0.717) is 17.9 Å². The molecule has 2 atom stereocenters. The van der Waals surface area contributed by atoms with Crippen molar-refractivity contribution in [3.63, 3.8) is 0 Å². The Hall–Kier alpha value is -0.570. The van der Waals surface area contributed by atoms with Crippen LogP contribution in [-0.2, 0) is 4.79 Å². The van der Waals surface area contributed by atoms with Gasteiger partial charge in [-0.15, -0.1) is 0 Å². The molecule has 0 aromatic heterocycles. The molecule has 2 heterocycles. The summed E-state index contributed by atoms with van der Waals surface area (Å²) in [6.07, 6.45) is 4.25. The second kappa shape index (κ2) is 5.17. The van der Waals surface area contributed by atoms with Crippen LogP contribution in [0.4, 0.5) is 0 Å². The summed E-state index contributed by atoms with van der Waals surface area (Å²) in [5, 5.41) is 3.42. The number of hydrogen-bond donors (Lipinski definition) is 1. The molecule has 0 radical (unpaired) electrons. The molecule has 2 aliphatic rings. The second-order valence-electron chi connectivity index (χ2n) is 5.65. The van der Waals surface area contributed by atoms with Crippen LogP contribution in [-0.4, -0.2) is 36.5 Å². The maximum atomic E-state index is 12.1. The number of carbonyl (C=O) groups is 1. The van der Waals surface area contributed by atoms with Crippen molar-refractivity contribution in [3.05, 3.63) is 0 Å². The lowest BCUT2D eigenvalue weighted by atomic mass is 9.91. The molecule has 0 spiro atoms. The van der Waals surface area contributed by atoms with Crippen molar-refractivity contribution >= 4 is 5.91 Å². The number of piperidine rings is 1. The quantitative estimate of drug-likeness (QED) is 0.790. The molecule has 2 fully saturated rings. The van der Waals surface area contributed by atoms with Crippen molar-refractivity contribution in [2.45, 2.75) is 45.6 Å². The lowest BCUT2D eigenvalue weighted by molar-refractivity contribution is -0.135. The van der Waals surface area contributed by atoms with Crippen molar-refractivity contribution < 1.29 is 4.79 Å². The Balaban J connectivity index is 1.89. The number of rotatable bonds is 3. The third kappa shape index (κ3) is 2.57. The van der Waals surface area contributed by atoms with Crippen LogP contribution < -0.4 is 5.32 Å². The van der Waals surface area contributed by atoms with E-state index < -0.39 is 0 Å². The topological polar surface area (TPSA) is 32.3 Å². The average molecular weight is 224 g/mol. The monoisotopic (exact) mass is 224 g/mol. The van der Waals surface area contributed by atoms with E-state index in [0.717, 1.165) is 38.4 Å². The molecular weight excluding hydrogens is 200 g/mol. The lowest BCUT2D eigenvalue weighted by Crippen LogP contribution is -2.48. The van der Waals surface area contributed by atoms with Gasteiger partial charge in [0.2, 0.25) is 5.91 Å². The molecule has 2 saturated heterocycles. The Kier molecular flexibility index (Phi) is 3.85. The van der Waals surface area contributed by atoms with Gasteiger partial charge in [0.15, 0.2) is 0 Å². The summed E-state index contributed by atoms with van der Waals surface area (Å²) in [6.45, 7) is 7.48. The molecule has 0 aliphatic carbocycles. The molecular formula is C13H24N2O. The van der Waals surface area contributed by atoms with Crippen molar-refractivity contribution in [2.75, 3.05) is 19.6 Å². The highest BCUT2D eigenvalue weighted by Gasteiger charge is 2.36. The predicted octanol–water partition coefficient (Wildman–Crippen LogP) is 1.63. The van der Waals surface area contributed by atoms with Gasteiger partial charge in [0.05, 0.1) is 0 Å². The van der Waals surface area contributed by atoms with Crippen molar-refractivity contribution in [1.29, 1.82) is 0 Å². The molecule has 2 unspecified atom stereocenters. The molecule has 0 saturated carbocycles. The fourth-order valence-corrected chi connectivity index (χ4v) is 2.93. The number of carbonyl (C=O) groups excluding carboxylic acids is 1. The Morgan fingerprint density at radius 1 is 1.44 bits per heavy atom. The molecule has 3 nitrogen and oxygen atoms in total. The average Bonchev–Trinajstić information content (AvgIpc) is 2.73. The number of hydrogen-bond acceptors (Lipinski definition) is 2. The van der Waals surface area contributed by atoms with Gasteiger partial charge in [-0.2, -0.15) is 0 Å². The Morgan fingerprint density at radius 3 is 3.00 bits per heavy atom. The second-order valence-corrected chi connectivity index (χ2v) is 5.65. The molecule has 0 aromatic rings. The van der Waals surface area contributed by atoms with E-state index in [1.54, 1.807) is 0 Å². The zero-order valence-corrected chi connectivity index (χ0v) is 10.5. The van der Waals surface area contributed by atoms with E-state index >= 15 is 0 Å². The van der Waals surface area contributed by atoms with Gasteiger partial charge in [0.25, 0.3) is 0 Å². The van der Waals surface area contributed by atoms with Crippen LogP contribution in [0.2, 0.25) is 0 Å². The van der Waals surface area contributed by atoms with Crippen molar-refractivity contribution in [3.8, 4) is 0 Å². The van der Waals surface area contributed by atoms with Crippen LogP contribution >= 0.6 is 0 Å². The fraction of sp³-hybridized carbons (Fsp3) is 0.923. The van der Waals surface area contributed by atoms with Crippen molar-refractivity contribution in [2.24, 2.45) is 11.8 Å². The first-order valence-electron chi connectivity index (χ1n) is 6.68. The molecule has 2 rings (SSSR count). The van der Waals surface area contributed by atoms with Crippen LogP contribution in [0, 0.1) is 11.8 Å². The first kappa shape index (κ1) is 11.9. The highest BCUT2D eigenvalue weighted by Crippen LogP contribution is 2.27. The highest BCUT2D eigenvalue weighted by atomic mass is 16.2. The largest absolute Gasteiger partial charge is 0.338 e. The standard InChI is InChI=1S/C13H24N2O/c1-10(2)5-6-13(16)15-7-3-4-11-8-14-9-12(11)15/h10-12,14H,3-9H2,1-2H3. The summed E-state index contributed by atoms with van der Waals surface area (Å²) in [5.41, 5.74) is 0. The molecule has 0 bridgehead atoms. The van der Waals surface area contributed by atoms with Gasteiger partial charge in [-0.1, -0.05) is 13.8 Å². The third-order valence-corrected chi connectivity index (χ3v) is 3.93.